The van der Waals surface area contributed by atoms with Crippen LogP contribution in [0.5, 0.6) is 0 Å². The van der Waals surface area contributed by atoms with E-state index in [9.17, 15) is 14.7 Å². The molecule has 0 spiro atoms. The number of carboxylic acids is 1. The van der Waals surface area contributed by atoms with Crippen LogP contribution in [0.25, 0.3) is 28.0 Å². The second-order valence-corrected chi connectivity index (χ2v) is 8.60. The molecule has 1 N–H and O–H groups in total. The third-order valence-corrected chi connectivity index (χ3v) is 6.34. The Balaban J connectivity index is 1.66. The Labute approximate surface area is 207 Å². The average molecular weight is 477 g/mol. The van der Waals surface area contributed by atoms with Crippen LogP contribution >= 0.6 is 0 Å². The summed E-state index contributed by atoms with van der Waals surface area (Å²) in [6.07, 6.45) is 1.65. The molecule has 0 unspecified atom stereocenters. The largest absolute Gasteiger partial charge is 0.478 e. The lowest BCUT2D eigenvalue weighted by Gasteiger charge is -2.14. The van der Waals surface area contributed by atoms with Crippen molar-refractivity contribution in [3.05, 3.63) is 117 Å². The molecule has 2 heterocycles. The maximum atomic E-state index is 13.4. The van der Waals surface area contributed by atoms with E-state index in [4.69, 9.17) is 4.98 Å². The summed E-state index contributed by atoms with van der Waals surface area (Å²) in [6.45, 7) is 5.70. The summed E-state index contributed by atoms with van der Waals surface area (Å²) in [5.74, 6) is -0.510. The van der Waals surface area contributed by atoms with Gasteiger partial charge in [0.1, 0.15) is 0 Å². The minimum absolute atomic E-state index is 0.255. The Morgan fingerprint density at radius 2 is 1.67 bits per heavy atom. The van der Waals surface area contributed by atoms with Crippen molar-refractivity contribution in [1.82, 2.24) is 14.2 Å². The summed E-state index contributed by atoms with van der Waals surface area (Å²) in [4.78, 5) is 29.8. The zero-order valence-electron chi connectivity index (χ0n) is 20.1. The zero-order valence-corrected chi connectivity index (χ0v) is 20.1. The lowest BCUT2D eigenvalue weighted by Crippen LogP contribution is -2.20. The third-order valence-electron chi connectivity index (χ3n) is 6.34. The van der Waals surface area contributed by atoms with Crippen LogP contribution in [0.4, 0.5) is 0 Å². The highest BCUT2D eigenvalue weighted by Gasteiger charge is 2.16. The predicted octanol–water partition coefficient (Wildman–Crippen LogP) is 5.36. The molecule has 0 saturated heterocycles. The Kier molecular flexibility index (Phi) is 5.82. The number of para-hydroxylation sites is 1. The molecule has 3 aromatic carbocycles. The fourth-order valence-electron chi connectivity index (χ4n) is 4.51. The molecule has 0 atom stereocenters. The van der Waals surface area contributed by atoms with Crippen molar-refractivity contribution in [1.29, 1.82) is 0 Å². The van der Waals surface area contributed by atoms with Gasteiger partial charge in [-0.15, -0.1) is 0 Å². The zero-order chi connectivity index (χ0) is 25.4. The molecular weight excluding hydrogens is 452 g/mol. The lowest BCUT2D eigenvalue weighted by atomic mass is 10.1. The van der Waals surface area contributed by atoms with E-state index >= 15 is 0 Å². The van der Waals surface area contributed by atoms with Gasteiger partial charge in [-0.3, -0.25) is 4.79 Å². The predicted molar refractivity (Wildman–Crippen MR) is 141 cm³/mol. The Bertz CT molecular complexity index is 1710. The second-order valence-electron chi connectivity index (χ2n) is 8.60. The molecule has 0 bridgehead atoms. The minimum atomic E-state index is -0.963. The highest BCUT2D eigenvalue weighted by molar-refractivity contribution is 5.90. The molecule has 36 heavy (non-hydrogen) atoms. The fraction of sp³-hybridized carbons (Fsp3) is 0.103. The minimum Gasteiger partial charge on any atom is -0.478 e. The number of aryl methyl sites for hydroxylation is 1. The van der Waals surface area contributed by atoms with Crippen molar-refractivity contribution in [3.8, 4) is 17.1 Å². The quantitative estimate of drug-likeness (QED) is 0.346. The number of aromatic nitrogens is 3. The van der Waals surface area contributed by atoms with E-state index in [0.29, 0.717) is 22.3 Å². The van der Waals surface area contributed by atoms with Gasteiger partial charge < -0.3 is 9.67 Å². The number of carbonyl (C=O) groups is 1. The van der Waals surface area contributed by atoms with Crippen LogP contribution in [0.1, 0.15) is 32.9 Å². The molecule has 0 fully saturated rings. The summed E-state index contributed by atoms with van der Waals surface area (Å²) < 4.78 is 3.34. The molecule has 178 valence electrons. The van der Waals surface area contributed by atoms with Gasteiger partial charge in [0.25, 0.3) is 5.56 Å². The van der Waals surface area contributed by atoms with Crippen LogP contribution in [0.2, 0.25) is 0 Å². The van der Waals surface area contributed by atoms with Crippen molar-refractivity contribution in [3.63, 3.8) is 0 Å². The maximum Gasteiger partial charge on any atom is 0.336 e. The van der Waals surface area contributed by atoms with E-state index in [2.05, 4.69) is 5.10 Å². The number of hydrogen-bond donors (Lipinski definition) is 1. The molecule has 0 saturated carbocycles. The first-order valence-corrected chi connectivity index (χ1v) is 11.5. The van der Waals surface area contributed by atoms with Gasteiger partial charge in [-0.25, -0.2) is 9.78 Å². The highest BCUT2D eigenvalue weighted by atomic mass is 16.4. The molecule has 7 nitrogen and oxygen atoms in total. The van der Waals surface area contributed by atoms with Crippen LogP contribution < -0.4 is 5.56 Å². The van der Waals surface area contributed by atoms with Crippen LogP contribution in [-0.2, 0) is 0 Å². The summed E-state index contributed by atoms with van der Waals surface area (Å²) in [5.41, 5.74) is 5.48. The van der Waals surface area contributed by atoms with Crippen molar-refractivity contribution in [2.75, 3.05) is 0 Å². The Morgan fingerprint density at radius 1 is 0.944 bits per heavy atom. The van der Waals surface area contributed by atoms with Crippen LogP contribution in [0, 0.1) is 20.8 Å². The average Bonchev–Trinajstić information content (AvgIpc) is 3.16. The van der Waals surface area contributed by atoms with E-state index < -0.39 is 5.97 Å². The fourth-order valence-corrected chi connectivity index (χ4v) is 4.51. The van der Waals surface area contributed by atoms with Gasteiger partial charge in [0.15, 0.2) is 5.82 Å². The number of carboxylic acid groups (broad SMARTS) is 1. The second kappa shape index (κ2) is 9.11. The van der Waals surface area contributed by atoms with Gasteiger partial charge in [0, 0.05) is 28.2 Å². The van der Waals surface area contributed by atoms with Crippen LogP contribution in [-0.4, -0.2) is 31.5 Å². The summed E-state index contributed by atoms with van der Waals surface area (Å²) >= 11 is 0. The summed E-state index contributed by atoms with van der Waals surface area (Å²) in [6, 6.07) is 23.9. The number of nitrogens with zero attached hydrogens (tertiary/aromatic N) is 4. The first-order chi connectivity index (χ1) is 17.4. The van der Waals surface area contributed by atoms with E-state index in [-0.39, 0.29) is 11.1 Å². The van der Waals surface area contributed by atoms with Crippen molar-refractivity contribution in [2.45, 2.75) is 20.8 Å². The van der Waals surface area contributed by atoms with Gasteiger partial charge in [0.05, 0.1) is 22.7 Å². The smallest absolute Gasteiger partial charge is 0.336 e. The Morgan fingerprint density at radius 3 is 2.42 bits per heavy atom. The molecule has 0 radical (unpaired) electrons. The van der Waals surface area contributed by atoms with Crippen molar-refractivity contribution in [2.24, 2.45) is 5.10 Å². The van der Waals surface area contributed by atoms with Gasteiger partial charge in [0.2, 0.25) is 0 Å². The number of rotatable bonds is 5. The van der Waals surface area contributed by atoms with Crippen LogP contribution in [0.3, 0.4) is 0 Å². The lowest BCUT2D eigenvalue weighted by molar-refractivity contribution is 0.0696. The first-order valence-electron chi connectivity index (χ1n) is 11.5. The van der Waals surface area contributed by atoms with Gasteiger partial charge in [-0.2, -0.15) is 9.78 Å². The third kappa shape index (κ3) is 3.90. The first kappa shape index (κ1) is 23.0. The molecule has 5 rings (SSSR count). The molecule has 0 aliphatic carbocycles. The molecule has 0 amide bonds. The summed E-state index contributed by atoms with van der Waals surface area (Å²) in [7, 11) is 0. The highest BCUT2D eigenvalue weighted by Crippen LogP contribution is 2.25. The topological polar surface area (TPSA) is 89.5 Å². The molecule has 5 aromatic rings. The van der Waals surface area contributed by atoms with E-state index in [1.807, 2.05) is 79.1 Å². The summed E-state index contributed by atoms with van der Waals surface area (Å²) in [5, 5.41) is 14.6. The number of fused-ring (bicyclic) bond motifs is 1. The van der Waals surface area contributed by atoms with Gasteiger partial charge >= 0.3 is 5.97 Å². The van der Waals surface area contributed by atoms with Gasteiger partial charge in [-0.05, 0) is 56.7 Å². The monoisotopic (exact) mass is 476 g/mol. The molecular formula is C29H24N4O3. The van der Waals surface area contributed by atoms with Crippen molar-refractivity contribution >= 4 is 23.1 Å². The van der Waals surface area contributed by atoms with E-state index in [0.717, 1.165) is 28.2 Å². The van der Waals surface area contributed by atoms with Gasteiger partial charge in [-0.1, -0.05) is 48.5 Å². The molecule has 0 aliphatic heterocycles. The van der Waals surface area contributed by atoms with Crippen molar-refractivity contribution < 1.29 is 9.90 Å². The normalized spacial score (nSPS) is 11.4. The number of benzene rings is 3. The molecule has 0 aliphatic rings. The SMILES string of the molecule is Cc1c(C(=O)O)cccc1-n1c(C)cc(C=Nn2c(-c3ccccc3)nc3ccccc3c2=O)c1C. The number of hydrogen-bond acceptors (Lipinski definition) is 4. The van der Waals surface area contributed by atoms with Crippen LogP contribution in [0.15, 0.2) is 88.8 Å². The maximum absolute atomic E-state index is 13.4. The molecule has 2 aromatic heterocycles. The Hall–Kier alpha value is -4.78. The van der Waals surface area contributed by atoms with E-state index in [1.54, 1.807) is 31.3 Å². The van der Waals surface area contributed by atoms with E-state index in [1.165, 1.54) is 4.68 Å². The molecule has 7 heteroatoms. The number of aromatic carboxylic acids is 1. The standard InChI is InChI=1S/C29H24N4O3/c1-18-16-22(20(3)32(18)26-15-9-13-23(19(26)2)29(35)36)17-30-33-27(21-10-5-4-6-11-21)31-25-14-8-7-12-24(25)28(33)34/h4-17H,1-3H3,(H,35,36).